The summed E-state index contributed by atoms with van der Waals surface area (Å²) in [4.78, 5) is 19.1. The molecule has 2 aromatic heterocycles. The molecule has 0 unspecified atom stereocenters. The topological polar surface area (TPSA) is 83.7 Å². The Balaban J connectivity index is 1.28. The van der Waals surface area contributed by atoms with Gasteiger partial charge >= 0.3 is 6.03 Å². The zero-order chi connectivity index (χ0) is 29.0. The largest absolute Gasteiger partial charge is 0.378 e. The molecule has 0 saturated carbocycles. The van der Waals surface area contributed by atoms with Gasteiger partial charge in [-0.25, -0.2) is 13.6 Å². The first-order valence-corrected chi connectivity index (χ1v) is 15.0. The lowest BCUT2D eigenvalue weighted by atomic mass is 9.92. The highest BCUT2D eigenvalue weighted by Gasteiger charge is 2.36. The van der Waals surface area contributed by atoms with Gasteiger partial charge in [0, 0.05) is 81.0 Å². The molecule has 224 valence electrons. The van der Waals surface area contributed by atoms with Crippen molar-refractivity contribution in [2.24, 2.45) is 7.05 Å². The molecule has 1 aromatic carbocycles. The molecule has 2 amide bonds. The number of anilines is 2. The van der Waals surface area contributed by atoms with E-state index in [1.165, 1.54) is 5.69 Å². The average Bonchev–Trinajstić information content (AvgIpc) is 3.58. The number of ether oxygens (including phenoxy) is 1. The number of rotatable bonds is 5. The first kappa shape index (κ1) is 27.3. The van der Waals surface area contributed by atoms with Crippen LogP contribution < -0.4 is 10.2 Å². The summed E-state index contributed by atoms with van der Waals surface area (Å²) in [6, 6.07) is 4.26. The maximum Gasteiger partial charge on any atom is 0.317 e. The van der Waals surface area contributed by atoms with Crippen LogP contribution in [0.5, 0.6) is 0 Å². The third kappa shape index (κ3) is 4.74. The zero-order valence-corrected chi connectivity index (χ0v) is 24.2. The summed E-state index contributed by atoms with van der Waals surface area (Å²) in [5, 5.41) is 12.2. The Morgan fingerprint density at radius 3 is 2.57 bits per heavy atom. The van der Waals surface area contributed by atoms with Gasteiger partial charge in [0.1, 0.15) is 0 Å². The lowest BCUT2D eigenvalue weighted by molar-refractivity contribution is -0.0735. The Bertz CT molecular complexity index is 1470. The standard InChI is InChI=1S/C30H38F2N8O2/c1-33-30(41)38-11-7-26-25(16-38)29(35-40(26)21-5-9-37(10-6-21)22-17-42-18-22)39-8-3-4-19-12-23(20-14-34-36(2)15-20)24(28(31)32)13-27(19)39/h12-15,21-22,28H,3-11,16-18H2,1-2H3,(H,33,41). The summed E-state index contributed by atoms with van der Waals surface area (Å²) in [6.45, 7) is 5.41. The highest BCUT2D eigenvalue weighted by atomic mass is 19.3. The molecule has 6 heterocycles. The Morgan fingerprint density at radius 1 is 1.10 bits per heavy atom. The highest BCUT2D eigenvalue weighted by Crippen LogP contribution is 2.43. The number of carbonyl (C=O) groups excluding carboxylic acids is 1. The number of nitrogens with zero attached hydrogens (tertiary/aromatic N) is 7. The third-order valence-corrected chi connectivity index (χ3v) is 9.42. The van der Waals surface area contributed by atoms with Crippen LogP contribution >= 0.6 is 0 Å². The number of aryl methyl sites for hydroxylation is 2. The number of nitrogens with one attached hydrogen (secondary N) is 1. The maximum atomic E-state index is 14.5. The lowest BCUT2D eigenvalue weighted by Gasteiger charge is -2.41. The number of aromatic nitrogens is 4. The number of carbonyl (C=O) groups is 1. The number of halogens is 2. The Morgan fingerprint density at radius 2 is 1.90 bits per heavy atom. The highest BCUT2D eigenvalue weighted by molar-refractivity contribution is 5.78. The maximum absolute atomic E-state index is 14.5. The normalized spacial score (nSPS) is 20.0. The molecule has 0 bridgehead atoms. The van der Waals surface area contributed by atoms with Crippen LogP contribution in [0.2, 0.25) is 0 Å². The van der Waals surface area contributed by atoms with Crippen molar-refractivity contribution >= 4 is 17.5 Å². The quantitative estimate of drug-likeness (QED) is 0.491. The van der Waals surface area contributed by atoms with Gasteiger partial charge in [0.25, 0.3) is 6.43 Å². The van der Waals surface area contributed by atoms with Crippen molar-refractivity contribution in [3.05, 3.63) is 46.9 Å². The number of alkyl halides is 2. The molecule has 0 atom stereocenters. The first-order valence-electron chi connectivity index (χ1n) is 15.0. The van der Waals surface area contributed by atoms with E-state index in [9.17, 15) is 13.6 Å². The summed E-state index contributed by atoms with van der Waals surface area (Å²) in [5.41, 5.74) is 5.24. The predicted octanol–water partition coefficient (Wildman–Crippen LogP) is 4.04. The van der Waals surface area contributed by atoms with Crippen molar-refractivity contribution in [3.63, 3.8) is 0 Å². The second-order valence-corrected chi connectivity index (χ2v) is 11.9. The number of benzene rings is 1. The van der Waals surface area contributed by atoms with Crippen molar-refractivity contribution < 1.29 is 18.3 Å². The summed E-state index contributed by atoms with van der Waals surface area (Å²) in [7, 11) is 3.44. The van der Waals surface area contributed by atoms with Gasteiger partial charge in [-0.15, -0.1) is 0 Å². The van der Waals surface area contributed by atoms with Crippen LogP contribution in [-0.4, -0.2) is 87.9 Å². The van der Waals surface area contributed by atoms with E-state index in [2.05, 4.69) is 24.9 Å². The second kappa shape index (κ2) is 11.0. The first-order chi connectivity index (χ1) is 20.4. The van der Waals surface area contributed by atoms with E-state index < -0.39 is 6.43 Å². The zero-order valence-electron chi connectivity index (χ0n) is 24.2. The van der Waals surface area contributed by atoms with Crippen LogP contribution in [0.15, 0.2) is 24.5 Å². The van der Waals surface area contributed by atoms with Crippen molar-refractivity contribution in [3.8, 4) is 11.1 Å². The summed E-state index contributed by atoms with van der Waals surface area (Å²) in [6.07, 6.45) is 5.21. The van der Waals surface area contributed by atoms with E-state index in [1.807, 2.05) is 11.0 Å². The van der Waals surface area contributed by atoms with Gasteiger partial charge in [-0.05, 0) is 48.9 Å². The van der Waals surface area contributed by atoms with Gasteiger partial charge in [0.2, 0.25) is 0 Å². The van der Waals surface area contributed by atoms with E-state index in [0.29, 0.717) is 36.8 Å². The minimum absolute atomic E-state index is 0.00119. The van der Waals surface area contributed by atoms with Crippen molar-refractivity contribution in [1.29, 1.82) is 0 Å². The number of hydrogen-bond donors (Lipinski definition) is 1. The number of likely N-dealkylation sites (tertiary alicyclic amines) is 1. The molecule has 0 aliphatic carbocycles. The molecule has 12 heteroatoms. The number of piperidine rings is 1. The molecule has 0 radical (unpaired) electrons. The van der Waals surface area contributed by atoms with Crippen molar-refractivity contribution in [2.75, 3.05) is 51.3 Å². The molecule has 2 fully saturated rings. The fraction of sp³-hybridized carbons (Fsp3) is 0.567. The summed E-state index contributed by atoms with van der Waals surface area (Å²) in [5.74, 6) is 0.795. The van der Waals surface area contributed by atoms with Crippen LogP contribution in [0.4, 0.5) is 25.1 Å². The van der Waals surface area contributed by atoms with E-state index >= 15 is 0 Å². The van der Waals surface area contributed by atoms with Gasteiger partial charge in [-0.1, -0.05) is 0 Å². The molecule has 10 nitrogen and oxygen atoms in total. The van der Waals surface area contributed by atoms with Crippen LogP contribution in [0.25, 0.3) is 11.1 Å². The minimum Gasteiger partial charge on any atom is -0.378 e. The van der Waals surface area contributed by atoms with Gasteiger partial charge in [-0.3, -0.25) is 14.3 Å². The lowest BCUT2D eigenvalue weighted by Crippen LogP contribution is -2.52. The molecular weight excluding hydrogens is 542 g/mol. The molecule has 3 aromatic rings. The molecule has 2 saturated heterocycles. The number of urea groups is 1. The second-order valence-electron chi connectivity index (χ2n) is 11.9. The fourth-order valence-corrected chi connectivity index (χ4v) is 7.07. The van der Waals surface area contributed by atoms with Gasteiger partial charge in [-0.2, -0.15) is 10.2 Å². The smallest absolute Gasteiger partial charge is 0.317 e. The third-order valence-electron chi connectivity index (χ3n) is 9.42. The van der Waals surface area contributed by atoms with Crippen LogP contribution in [0, 0.1) is 0 Å². The average molecular weight is 581 g/mol. The SMILES string of the molecule is CNC(=O)N1CCc2c(c(N3CCCc4cc(-c5cnn(C)c5)c(C(F)F)cc43)nn2C2CCN(C3COC3)CC2)C1. The summed E-state index contributed by atoms with van der Waals surface area (Å²) < 4.78 is 38.3. The monoisotopic (exact) mass is 580 g/mol. The van der Waals surface area contributed by atoms with Gasteiger partial charge in [0.15, 0.2) is 5.82 Å². The van der Waals surface area contributed by atoms with E-state index in [1.54, 1.807) is 37.2 Å². The number of hydrogen-bond acceptors (Lipinski definition) is 6. The van der Waals surface area contributed by atoms with Crippen molar-refractivity contribution in [2.45, 2.75) is 57.2 Å². The predicted molar refractivity (Wildman–Crippen MR) is 154 cm³/mol. The minimum atomic E-state index is -2.63. The molecule has 7 rings (SSSR count). The Labute approximate surface area is 244 Å². The van der Waals surface area contributed by atoms with E-state index in [-0.39, 0.29) is 17.6 Å². The Hall–Kier alpha value is -3.51. The molecule has 4 aliphatic rings. The molecule has 1 N–H and O–H groups in total. The van der Waals surface area contributed by atoms with E-state index in [4.69, 9.17) is 9.84 Å². The number of fused-ring (bicyclic) bond motifs is 2. The van der Waals surface area contributed by atoms with Crippen LogP contribution in [0.1, 0.15) is 54.1 Å². The van der Waals surface area contributed by atoms with Gasteiger partial charge in [0.05, 0.1) is 38.0 Å². The molecule has 42 heavy (non-hydrogen) atoms. The van der Waals surface area contributed by atoms with Crippen LogP contribution in [0.3, 0.4) is 0 Å². The molecule has 4 aliphatic heterocycles. The summed E-state index contributed by atoms with van der Waals surface area (Å²) >= 11 is 0. The Kier molecular flexibility index (Phi) is 7.13. The van der Waals surface area contributed by atoms with Crippen molar-refractivity contribution in [1.82, 2.24) is 34.7 Å². The van der Waals surface area contributed by atoms with Crippen LogP contribution in [-0.2, 0) is 31.2 Å². The fourth-order valence-electron chi connectivity index (χ4n) is 7.07. The van der Waals surface area contributed by atoms with Gasteiger partial charge < -0.3 is 19.9 Å². The van der Waals surface area contributed by atoms with E-state index in [0.717, 1.165) is 81.0 Å². The molecular formula is C30H38F2N8O2. The number of amides is 2. The molecule has 0 spiro atoms.